The first-order chi connectivity index (χ1) is 13.7. The molecule has 2 N–H and O–H groups in total. The van der Waals surface area contributed by atoms with Crippen LogP contribution < -0.4 is 5.73 Å². The van der Waals surface area contributed by atoms with Crippen LogP contribution in [0.15, 0.2) is 79.1 Å². The summed E-state index contributed by atoms with van der Waals surface area (Å²) in [6, 6.07) is 25.1. The second-order valence-electron chi connectivity index (χ2n) is 6.12. The van der Waals surface area contributed by atoms with Gasteiger partial charge in [-0.25, -0.2) is 9.67 Å². The van der Waals surface area contributed by atoms with Gasteiger partial charge in [0.05, 0.1) is 17.3 Å². The maximum atomic E-state index is 11.8. The average Bonchev–Trinajstić information content (AvgIpc) is 3.24. The minimum absolute atomic E-state index is 0.0444. The van der Waals surface area contributed by atoms with E-state index in [1.807, 2.05) is 66.7 Å². The molecule has 6 heteroatoms. The quantitative estimate of drug-likeness (QED) is 0.598. The zero-order chi connectivity index (χ0) is 19.5. The Balaban J connectivity index is 2.06. The Morgan fingerprint density at radius 2 is 1.71 bits per heavy atom. The third-order valence-corrected chi connectivity index (χ3v) is 4.40. The minimum atomic E-state index is -0.667. The van der Waals surface area contributed by atoms with Crippen LogP contribution in [0.3, 0.4) is 0 Å². The van der Waals surface area contributed by atoms with Crippen LogP contribution in [0.5, 0.6) is 0 Å². The first-order valence-corrected chi connectivity index (χ1v) is 8.58. The van der Waals surface area contributed by atoms with Crippen molar-refractivity contribution in [1.29, 1.82) is 5.26 Å². The molecule has 0 spiro atoms. The molecule has 4 rings (SSSR count). The summed E-state index contributed by atoms with van der Waals surface area (Å²) in [6.45, 7) is 0. The molecule has 0 aliphatic carbocycles. The summed E-state index contributed by atoms with van der Waals surface area (Å²) in [4.78, 5) is 15.8. The van der Waals surface area contributed by atoms with Gasteiger partial charge in [0.25, 0.3) is 5.91 Å². The molecular formula is C22H15N5O. The average molecular weight is 365 g/mol. The Labute approximate surface area is 161 Å². The highest BCUT2D eigenvalue weighted by molar-refractivity contribution is 5.93. The molecule has 0 saturated carbocycles. The van der Waals surface area contributed by atoms with E-state index >= 15 is 0 Å². The number of nitrogens with two attached hydrogens (primary N) is 1. The zero-order valence-corrected chi connectivity index (χ0v) is 14.8. The van der Waals surface area contributed by atoms with E-state index in [0.29, 0.717) is 11.3 Å². The second kappa shape index (κ2) is 7.17. The van der Waals surface area contributed by atoms with Crippen molar-refractivity contribution < 1.29 is 4.79 Å². The van der Waals surface area contributed by atoms with Crippen LogP contribution >= 0.6 is 0 Å². The molecule has 28 heavy (non-hydrogen) atoms. The predicted octanol–water partition coefficient (Wildman–Crippen LogP) is 3.57. The lowest BCUT2D eigenvalue weighted by Gasteiger charge is -2.16. The van der Waals surface area contributed by atoms with E-state index in [2.05, 4.69) is 16.2 Å². The predicted molar refractivity (Wildman–Crippen MR) is 105 cm³/mol. The maximum absolute atomic E-state index is 11.8. The van der Waals surface area contributed by atoms with Crippen LogP contribution in [0.4, 0.5) is 0 Å². The van der Waals surface area contributed by atoms with Gasteiger partial charge in [-0.05, 0) is 34.9 Å². The lowest BCUT2D eigenvalue weighted by atomic mass is 9.92. The van der Waals surface area contributed by atoms with Gasteiger partial charge in [0, 0.05) is 5.56 Å². The van der Waals surface area contributed by atoms with E-state index in [4.69, 9.17) is 5.73 Å². The van der Waals surface area contributed by atoms with Crippen LogP contribution in [-0.2, 0) is 0 Å². The van der Waals surface area contributed by atoms with Crippen molar-refractivity contribution in [2.75, 3.05) is 0 Å². The van der Waals surface area contributed by atoms with Crippen molar-refractivity contribution in [3.63, 3.8) is 0 Å². The molecule has 1 heterocycles. The second-order valence-corrected chi connectivity index (χ2v) is 6.12. The van der Waals surface area contributed by atoms with Crippen molar-refractivity contribution in [3.05, 3.63) is 90.5 Å². The monoisotopic (exact) mass is 365 g/mol. The van der Waals surface area contributed by atoms with E-state index in [-0.39, 0.29) is 5.82 Å². The van der Waals surface area contributed by atoms with Crippen LogP contribution in [0.2, 0.25) is 0 Å². The van der Waals surface area contributed by atoms with Gasteiger partial charge < -0.3 is 5.73 Å². The molecule has 0 atom stereocenters. The molecule has 6 nitrogen and oxygen atoms in total. The topological polar surface area (TPSA) is 97.6 Å². The fourth-order valence-electron chi connectivity index (χ4n) is 3.21. The molecule has 0 radical (unpaired) electrons. The van der Waals surface area contributed by atoms with Crippen LogP contribution in [0.1, 0.15) is 16.2 Å². The number of primary amides is 1. The van der Waals surface area contributed by atoms with Crippen molar-refractivity contribution in [2.24, 2.45) is 5.73 Å². The van der Waals surface area contributed by atoms with E-state index < -0.39 is 5.91 Å². The number of carbonyl (C=O) groups is 1. The van der Waals surface area contributed by atoms with Gasteiger partial charge >= 0.3 is 0 Å². The summed E-state index contributed by atoms with van der Waals surface area (Å²) in [6.07, 6.45) is 1.30. The van der Waals surface area contributed by atoms with Gasteiger partial charge in [-0.3, -0.25) is 4.79 Å². The highest BCUT2D eigenvalue weighted by Gasteiger charge is 2.19. The van der Waals surface area contributed by atoms with Gasteiger partial charge in [-0.1, -0.05) is 54.6 Å². The number of hydrogen-bond donors (Lipinski definition) is 1. The third kappa shape index (κ3) is 3.02. The number of rotatable bonds is 4. The van der Waals surface area contributed by atoms with Crippen LogP contribution in [0, 0.1) is 11.3 Å². The lowest BCUT2D eigenvalue weighted by Crippen LogP contribution is -2.18. The third-order valence-electron chi connectivity index (χ3n) is 4.40. The van der Waals surface area contributed by atoms with Gasteiger partial charge in [0.15, 0.2) is 0 Å². The zero-order valence-electron chi connectivity index (χ0n) is 14.8. The Kier molecular flexibility index (Phi) is 4.40. The lowest BCUT2D eigenvalue weighted by molar-refractivity contribution is 0.0988. The molecule has 4 aromatic rings. The summed E-state index contributed by atoms with van der Waals surface area (Å²) >= 11 is 0. The van der Waals surface area contributed by atoms with Gasteiger partial charge in [0.1, 0.15) is 6.33 Å². The molecule has 3 aromatic carbocycles. The van der Waals surface area contributed by atoms with Gasteiger partial charge in [0.2, 0.25) is 5.82 Å². The van der Waals surface area contributed by atoms with Crippen molar-refractivity contribution >= 4 is 5.91 Å². The summed E-state index contributed by atoms with van der Waals surface area (Å²) in [5.41, 5.74) is 10.3. The Morgan fingerprint density at radius 3 is 2.46 bits per heavy atom. The van der Waals surface area contributed by atoms with Gasteiger partial charge in [-0.15, -0.1) is 0 Å². The molecule has 134 valence electrons. The Hall–Kier alpha value is -4.24. The highest BCUT2D eigenvalue weighted by Crippen LogP contribution is 2.37. The van der Waals surface area contributed by atoms with E-state index in [1.165, 1.54) is 11.0 Å². The number of amides is 1. The number of aromatic nitrogens is 3. The van der Waals surface area contributed by atoms with Crippen molar-refractivity contribution in [3.8, 4) is 34.0 Å². The molecule has 0 fully saturated rings. The number of benzene rings is 3. The number of nitrogens with zero attached hydrogens (tertiary/aromatic N) is 4. The van der Waals surface area contributed by atoms with Crippen molar-refractivity contribution in [2.45, 2.75) is 0 Å². The molecule has 0 aliphatic rings. The normalized spacial score (nSPS) is 10.4. The first-order valence-electron chi connectivity index (χ1n) is 8.58. The van der Waals surface area contributed by atoms with Gasteiger partial charge in [-0.2, -0.15) is 10.4 Å². The molecule has 1 aromatic heterocycles. The fourth-order valence-corrected chi connectivity index (χ4v) is 3.21. The van der Waals surface area contributed by atoms with Crippen LogP contribution in [-0.4, -0.2) is 20.7 Å². The Bertz CT molecular complexity index is 1210. The molecule has 0 bridgehead atoms. The number of carbonyl (C=O) groups excluding carboxylic acids is 1. The molecule has 0 unspecified atom stereocenters. The summed E-state index contributed by atoms with van der Waals surface area (Å²) < 4.78 is 1.43. The molecule has 0 aliphatic heterocycles. The molecule has 0 saturated heterocycles. The largest absolute Gasteiger partial charge is 0.363 e. The highest BCUT2D eigenvalue weighted by atomic mass is 16.1. The number of hydrogen-bond acceptors (Lipinski definition) is 4. The minimum Gasteiger partial charge on any atom is -0.363 e. The van der Waals surface area contributed by atoms with E-state index in [1.54, 1.807) is 6.07 Å². The maximum Gasteiger partial charge on any atom is 0.286 e. The summed E-state index contributed by atoms with van der Waals surface area (Å²) in [5.74, 6) is -0.623. The van der Waals surface area contributed by atoms with E-state index in [0.717, 1.165) is 22.3 Å². The first kappa shape index (κ1) is 17.2. The summed E-state index contributed by atoms with van der Waals surface area (Å²) in [7, 11) is 0. The summed E-state index contributed by atoms with van der Waals surface area (Å²) in [5, 5.41) is 13.5. The molecule has 1 amide bonds. The SMILES string of the molecule is N#Cc1cccc(-c2c(-c3ccccc3)cccc2-n2ncnc2C(N)=O)c1. The van der Waals surface area contributed by atoms with E-state index in [9.17, 15) is 10.1 Å². The van der Waals surface area contributed by atoms with Crippen LogP contribution in [0.25, 0.3) is 27.9 Å². The Morgan fingerprint density at radius 1 is 0.964 bits per heavy atom. The standard InChI is InChI=1S/C22H15N5O/c23-13-15-6-4-9-17(12-15)20-18(16-7-2-1-3-8-16)10-5-11-19(20)27-22(21(24)28)25-14-26-27/h1-12,14H,(H2,24,28). The fraction of sp³-hybridized carbons (Fsp3) is 0. The van der Waals surface area contributed by atoms with Crippen molar-refractivity contribution in [1.82, 2.24) is 14.8 Å². The number of nitriles is 1. The smallest absolute Gasteiger partial charge is 0.286 e. The molecular weight excluding hydrogens is 350 g/mol.